The fraction of sp³-hybridized carbons (Fsp3) is 0.240. The molecular formula is C104H96BN5O. The zero-order valence-electron chi connectivity index (χ0n) is 67.5. The van der Waals surface area contributed by atoms with E-state index in [0.717, 1.165) is 101 Å². The van der Waals surface area contributed by atoms with Crippen LogP contribution < -0.4 is 26.0 Å². The van der Waals surface area contributed by atoms with Gasteiger partial charge in [0.05, 0.1) is 55.8 Å². The summed E-state index contributed by atoms with van der Waals surface area (Å²) in [5.41, 5.74) is 30.4. The number of ether oxygens (including phenoxy) is 1. The van der Waals surface area contributed by atoms with Gasteiger partial charge in [-0.3, -0.25) is 0 Å². The molecule has 0 aliphatic carbocycles. The Morgan fingerprint density at radius 3 is 1.13 bits per heavy atom. The number of anilines is 3. The summed E-state index contributed by atoms with van der Waals surface area (Å²) in [5.74, 6) is 1.64. The number of hydrogen-bond acceptors (Lipinski definition) is 3. The molecule has 0 amide bonds. The molecule has 1 spiro atoms. The third-order valence-corrected chi connectivity index (χ3v) is 24.9. The Hall–Kier alpha value is -11.6. The number of nitriles is 1. The van der Waals surface area contributed by atoms with Crippen LogP contribution in [0.3, 0.4) is 0 Å². The second-order valence-electron chi connectivity index (χ2n) is 38.2. The highest BCUT2D eigenvalue weighted by molar-refractivity contribution is 6.99. The highest BCUT2D eigenvalue weighted by atomic mass is 16.5. The molecule has 3 aliphatic rings. The van der Waals surface area contributed by atoms with Gasteiger partial charge in [-0.1, -0.05) is 245 Å². The average molecular weight is 1440 g/mol. The normalized spacial score (nSPS) is 14.1. The zero-order valence-corrected chi connectivity index (χ0v) is 67.5. The first-order chi connectivity index (χ1) is 52.8. The van der Waals surface area contributed by atoms with Crippen molar-refractivity contribution in [3.63, 3.8) is 0 Å². The Balaban J connectivity index is 1.01. The van der Waals surface area contributed by atoms with Gasteiger partial charge in [-0.25, -0.2) is 0 Å². The largest absolute Gasteiger partial charge is 0.457 e. The molecule has 13 aromatic carbocycles. The minimum Gasteiger partial charge on any atom is -0.457 e. The summed E-state index contributed by atoms with van der Waals surface area (Å²) in [6.07, 6.45) is 0. The first kappa shape index (κ1) is 69.8. The van der Waals surface area contributed by atoms with Gasteiger partial charge in [-0.05, 0) is 233 Å². The number of nitrogens with zero attached hydrogens (tertiary/aromatic N) is 5. The molecule has 7 heteroatoms. The van der Waals surface area contributed by atoms with E-state index < -0.39 is 5.41 Å². The third kappa shape index (κ3) is 10.6. The summed E-state index contributed by atoms with van der Waals surface area (Å²) >= 11 is 0. The van der Waals surface area contributed by atoms with Gasteiger partial charge in [0.15, 0.2) is 0 Å². The number of rotatable bonds is 5. The van der Waals surface area contributed by atoms with Crippen molar-refractivity contribution in [1.82, 2.24) is 13.7 Å². The standard InChI is InChI=1S/C104H96BN5O/c1-98(2,3)64-33-44-86(73(51-64)63-26-20-19-21-27-63)110-93-59-71(108-89-46-35-66(100(7,8)9)53-76(89)77-54-67(101(10,11)12)36-47-90(77)108)40-42-85(93)105-84-41-39-70(107-87-43-32-62(61-106)50-74(87)75-52-65(99(4,5)6)34-45-88(75)107)57-82(84)104(80-28-22-24-30-95(80)111-96-31-25-23-29-81(96)104)83-58-72(60-94(110)97(83)105)109-91-48-37-68(102(13,14)15)55-78(91)79-56-69(103(16,17)18)38-49-92(79)109/h19-60H,1-18H3. The van der Waals surface area contributed by atoms with Crippen molar-refractivity contribution in [3.8, 4) is 45.8 Å². The summed E-state index contributed by atoms with van der Waals surface area (Å²) in [4.78, 5) is 2.70. The van der Waals surface area contributed by atoms with E-state index in [-0.39, 0.29) is 39.2 Å². The molecule has 0 atom stereocenters. The predicted octanol–water partition coefficient (Wildman–Crippen LogP) is 25.4. The summed E-state index contributed by atoms with van der Waals surface area (Å²) in [6, 6.07) is 101. The highest BCUT2D eigenvalue weighted by Gasteiger charge is 2.55. The van der Waals surface area contributed by atoms with Gasteiger partial charge < -0.3 is 23.3 Å². The Morgan fingerprint density at radius 2 is 0.676 bits per heavy atom. The molecule has 6 heterocycles. The maximum absolute atomic E-state index is 10.6. The third-order valence-electron chi connectivity index (χ3n) is 24.9. The van der Waals surface area contributed by atoms with E-state index >= 15 is 0 Å². The molecule has 0 fully saturated rings. The lowest BCUT2D eigenvalue weighted by atomic mass is 9.29. The highest BCUT2D eigenvalue weighted by Crippen LogP contribution is 2.59. The molecule has 19 rings (SSSR count). The Kier molecular flexibility index (Phi) is 15.1. The van der Waals surface area contributed by atoms with Gasteiger partial charge in [-0.15, -0.1) is 0 Å². The zero-order chi connectivity index (χ0) is 77.3. The summed E-state index contributed by atoms with van der Waals surface area (Å²) in [7, 11) is 0. The summed E-state index contributed by atoms with van der Waals surface area (Å²) in [6.45, 7) is 41.6. The molecule has 0 bridgehead atoms. The minimum absolute atomic E-state index is 0.0727. The molecule has 3 aliphatic heterocycles. The molecule has 111 heavy (non-hydrogen) atoms. The quantitative estimate of drug-likeness (QED) is 0.161. The predicted molar refractivity (Wildman–Crippen MR) is 470 cm³/mol. The maximum atomic E-state index is 10.6. The molecule has 0 radical (unpaired) electrons. The fourth-order valence-corrected chi connectivity index (χ4v) is 18.9. The van der Waals surface area contributed by atoms with Gasteiger partial charge in [0.2, 0.25) is 6.71 Å². The van der Waals surface area contributed by atoms with Gasteiger partial charge in [0.25, 0.3) is 0 Å². The van der Waals surface area contributed by atoms with Gasteiger partial charge in [0, 0.05) is 77.4 Å². The van der Waals surface area contributed by atoms with Gasteiger partial charge >= 0.3 is 0 Å². The van der Waals surface area contributed by atoms with Crippen LogP contribution in [-0.4, -0.2) is 20.4 Å². The van der Waals surface area contributed by atoms with Crippen molar-refractivity contribution in [2.45, 2.75) is 163 Å². The van der Waals surface area contributed by atoms with E-state index in [2.05, 4.69) is 398 Å². The van der Waals surface area contributed by atoms with Crippen LogP contribution in [0.25, 0.3) is 93.6 Å². The van der Waals surface area contributed by atoms with Crippen LogP contribution in [0.2, 0.25) is 0 Å². The van der Waals surface area contributed by atoms with Gasteiger partial charge in [-0.2, -0.15) is 5.26 Å². The lowest BCUT2D eigenvalue weighted by molar-refractivity contribution is 0.435. The number of hydrogen-bond donors (Lipinski definition) is 0. The first-order valence-corrected chi connectivity index (χ1v) is 39.8. The van der Waals surface area contributed by atoms with E-state index in [1.807, 2.05) is 6.07 Å². The second-order valence-corrected chi connectivity index (χ2v) is 38.2. The van der Waals surface area contributed by atoms with Crippen LogP contribution in [0.4, 0.5) is 17.1 Å². The van der Waals surface area contributed by atoms with Crippen LogP contribution in [-0.2, 0) is 37.9 Å². The molecule has 16 aromatic rings. The Morgan fingerprint density at radius 1 is 0.306 bits per heavy atom. The van der Waals surface area contributed by atoms with Crippen LogP contribution in [0.1, 0.15) is 186 Å². The topological polar surface area (TPSA) is 51.1 Å². The van der Waals surface area contributed by atoms with Crippen molar-refractivity contribution in [1.29, 1.82) is 5.26 Å². The van der Waals surface area contributed by atoms with Gasteiger partial charge in [0.1, 0.15) is 11.5 Å². The van der Waals surface area contributed by atoms with Crippen LogP contribution in [0, 0.1) is 11.3 Å². The van der Waals surface area contributed by atoms with Crippen molar-refractivity contribution in [2.24, 2.45) is 0 Å². The van der Waals surface area contributed by atoms with Crippen molar-refractivity contribution >= 4 is 106 Å². The molecule has 0 N–H and O–H groups in total. The minimum atomic E-state index is -1.01. The van der Waals surface area contributed by atoms with Crippen molar-refractivity contribution in [3.05, 3.63) is 316 Å². The summed E-state index contributed by atoms with van der Waals surface area (Å²) < 4.78 is 15.0. The smallest absolute Gasteiger partial charge is 0.247 e. The lowest BCUT2D eigenvalue weighted by Crippen LogP contribution is -2.65. The Bertz CT molecular complexity index is 6510. The summed E-state index contributed by atoms with van der Waals surface area (Å²) in [5, 5.41) is 17.8. The molecular weight excluding hydrogens is 1350 g/mol. The Labute approximate surface area is 654 Å². The fourth-order valence-electron chi connectivity index (χ4n) is 18.9. The SMILES string of the molecule is CC(C)(C)c1ccc(N2c3cc(-n4c5ccc(C(C)(C)C)cc5c5cc(C(C)(C)C)ccc54)ccc3B3c4ccc(-n5c6ccc(C#N)cc6c6cc(C(C)(C)C)ccc65)cc4C4(c5ccccc5Oc5ccccc54)c4cc(-n5c6ccc(C(C)(C)C)cc6c6cc(C(C)(C)C)ccc65)cc2c43)c(-c2ccccc2)c1. The van der Waals surface area contributed by atoms with Crippen LogP contribution >= 0.6 is 0 Å². The van der Waals surface area contributed by atoms with E-state index in [9.17, 15) is 5.26 Å². The van der Waals surface area contributed by atoms with Crippen LogP contribution in [0.5, 0.6) is 11.5 Å². The number of fused-ring (bicyclic) bond motifs is 19. The van der Waals surface area contributed by atoms with E-state index in [1.54, 1.807) is 0 Å². The average Bonchev–Trinajstić information content (AvgIpc) is 0.866. The van der Waals surface area contributed by atoms with Crippen LogP contribution in [0.15, 0.2) is 255 Å². The molecule has 0 unspecified atom stereocenters. The second kappa shape index (κ2) is 24.0. The van der Waals surface area contributed by atoms with Crippen molar-refractivity contribution in [2.75, 3.05) is 4.90 Å². The monoisotopic (exact) mass is 1440 g/mol. The van der Waals surface area contributed by atoms with E-state index in [4.69, 9.17) is 4.74 Å². The molecule has 546 valence electrons. The van der Waals surface area contributed by atoms with Crippen molar-refractivity contribution < 1.29 is 4.74 Å². The molecule has 6 nitrogen and oxygen atoms in total. The van der Waals surface area contributed by atoms with E-state index in [0.29, 0.717) is 5.56 Å². The first-order valence-electron chi connectivity index (χ1n) is 39.8. The molecule has 0 saturated carbocycles. The maximum Gasteiger partial charge on any atom is 0.247 e. The van der Waals surface area contributed by atoms with E-state index in [1.165, 1.54) is 93.5 Å². The number of benzene rings is 13. The lowest BCUT2D eigenvalue weighted by Gasteiger charge is -2.50. The molecule has 3 aromatic heterocycles. The number of aromatic nitrogens is 3. The number of para-hydroxylation sites is 2. The molecule has 0 saturated heterocycles.